The number of alkyl halides is 1. The number of fused-ring (bicyclic) bond motifs is 1. The predicted molar refractivity (Wildman–Crippen MR) is 84.0 cm³/mol. The molecule has 0 aromatic heterocycles. The lowest BCUT2D eigenvalue weighted by Crippen LogP contribution is -2.36. The smallest absolute Gasteiger partial charge is 0.227 e. The van der Waals surface area contributed by atoms with Crippen LogP contribution in [0.4, 0.5) is 0 Å². The fourth-order valence-electron chi connectivity index (χ4n) is 2.59. The van der Waals surface area contributed by atoms with Gasteiger partial charge >= 0.3 is 0 Å². The van der Waals surface area contributed by atoms with Crippen molar-refractivity contribution >= 4 is 21.8 Å². The van der Waals surface area contributed by atoms with Gasteiger partial charge in [0.05, 0.1) is 10.7 Å². The van der Waals surface area contributed by atoms with Crippen molar-refractivity contribution in [3.05, 3.63) is 71.3 Å². The minimum absolute atomic E-state index is 0.0293. The quantitative estimate of drug-likeness (QED) is 0.853. The molecule has 0 bridgehead atoms. The van der Waals surface area contributed by atoms with E-state index < -0.39 is 0 Å². The highest BCUT2D eigenvalue weighted by Gasteiger charge is 2.31. The van der Waals surface area contributed by atoms with Crippen LogP contribution in [0, 0.1) is 0 Å². The van der Waals surface area contributed by atoms with E-state index in [1.165, 1.54) is 16.7 Å². The average molecular weight is 330 g/mol. The number of rotatable bonds is 4. The molecule has 1 aliphatic carbocycles. The number of halogens is 1. The van der Waals surface area contributed by atoms with Gasteiger partial charge < -0.3 is 5.32 Å². The number of amides is 1. The van der Waals surface area contributed by atoms with Crippen LogP contribution in [0.2, 0.25) is 0 Å². The first-order valence-electron chi connectivity index (χ1n) is 6.80. The third-order valence-electron chi connectivity index (χ3n) is 3.79. The zero-order valence-corrected chi connectivity index (χ0v) is 12.6. The monoisotopic (exact) mass is 329 g/mol. The Morgan fingerprint density at radius 2 is 1.85 bits per heavy atom. The standard InChI is InChI=1S/C17H16BrNO/c18-16(12-6-2-1-3-7-12)11-19-17(20)15-10-13-8-4-5-9-14(13)15/h1-9,15-16H,10-11H2,(H,19,20). The van der Waals surface area contributed by atoms with Gasteiger partial charge in [0.25, 0.3) is 0 Å². The van der Waals surface area contributed by atoms with Crippen LogP contribution in [0.5, 0.6) is 0 Å². The number of hydrogen-bond acceptors (Lipinski definition) is 1. The molecule has 0 saturated heterocycles. The van der Waals surface area contributed by atoms with E-state index in [2.05, 4.69) is 39.4 Å². The first kappa shape index (κ1) is 13.4. The summed E-state index contributed by atoms with van der Waals surface area (Å²) in [5.74, 6) is 0.158. The SMILES string of the molecule is O=C(NCC(Br)c1ccccc1)C1Cc2ccccc21. The van der Waals surface area contributed by atoms with Crippen molar-refractivity contribution in [1.82, 2.24) is 5.32 Å². The summed E-state index contributed by atoms with van der Waals surface area (Å²) < 4.78 is 0. The number of nitrogens with one attached hydrogen (secondary N) is 1. The largest absolute Gasteiger partial charge is 0.354 e. The Morgan fingerprint density at radius 1 is 1.15 bits per heavy atom. The first-order chi connectivity index (χ1) is 9.75. The third-order valence-corrected chi connectivity index (χ3v) is 4.64. The van der Waals surface area contributed by atoms with Gasteiger partial charge in [-0.2, -0.15) is 0 Å². The van der Waals surface area contributed by atoms with Gasteiger partial charge in [-0.1, -0.05) is 70.5 Å². The van der Waals surface area contributed by atoms with E-state index in [0.29, 0.717) is 6.54 Å². The summed E-state index contributed by atoms with van der Waals surface area (Å²) in [4.78, 5) is 12.3. The second kappa shape index (κ2) is 5.80. The van der Waals surface area contributed by atoms with Crippen molar-refractivity contribution in [2.75, 3.05) is 6.54 Å². The number of benzene rings is 2. The molecule has 0 fully saturated rings. The molecule has 1 amide bonds. The molecule has 2 nitrogen and oxygen atoms in total. The average Bonchev–Trinajstić information content (AvgIpc) is 2.47. The van der Waals surface area contributed by atoms with Crippen LogP contribution in [0.3, 0.4) is 0 Å². The lowest BCUT2D eigenvalue weighted by molar-refractivity contribution is -0.123. The zero-order valence-electron chi connectivity index (χ0n) is 11.1. The number of hydrogen-bond donors (Lipinski definition) is 1. The van der Waals surface area contributed by atoms with Gasteiger partial charge in [-0.3, -0.25) is 4.79 Å². The molecule has 0 spiro atoms. The Bertz CT molecular complexity index is 611. The molecule has 3 rings (SSSR count). The molecule has 0 saturated carbocycles. The van der Waals surface area contributed by atoms with Crippen molar-refractivity contribution in [2.24, 2.45) is 0 Å². The predicted octanol–water partition coefficient (Wildman–Crippen LogP) is 3.58. The maximum Gasteiger partial charge on any atom is 0.227 e. The molecule has 102 valence electrons. The van der Waals surface area contributed by atoms with Crippen molar-refractivity contribution in [2.45, 2.75) is 17.2 Å². The summed E-state index contributed by atoms with van der Waals surface area (Å²) in [7, 11) is 0. The summed E-state index contributed by atoms with van der Waals surface area (Å²) in [6.07, 6.45) is 0.861. The highest BCUT2D eigenvalue weighted by Crippen LogP contribution is 2.35. The molecule has 0 aliphatic heterocycles. The lowest BCUT2D eigenvalue weighted by atomic mass is 9.77. The molecule has 0 radical (unpaired) electrons. The van der Waals surface area contributed by atoms with Crippen LogP contribution in [0.1, 0.15) is 27.4 Å². The molecule has 3 heteroatoms. The molecule has 20 heavy (non-hydrogen) atoms. The second-order valence-corrected chi connectivity index (χ2v) is 6.18. The van der Waals surface area contributed by atoms with Crippen molar-refractivity contribution in [3.63, 3.8) is 0 Å². The van der Waals surface area contributed by atoms with Crippen molar-refractivity contribution in [1.29, 1.82) is 0 Å². The summed E-state index contributed by atoms with van der Waals surface area (Å²) in [5, 5.41) is 3.04. The fraction of sp³-hybridized carbons (Fsp3) is 0.235. The second-order valence-electron chi connectivity index (χ2n) is 5.08. The molecular formula is C17H16BrNO. The van der Waals surface area contributed by atoms with Crippen LogP contribution in [-0.2, 0) is 11.2 Å². The van der Waals surface area contributed by atoms with Crippen LogP contribution in [0.15, 0.2) is 54.6 Å². The third kappa shape index (κ3) is 2.63. The van der Waals surface area contributed by atoms with E-state index in [1.807, 2.05) is 36.4 Å². The Balaban J connectivity index is 1.56. The van der Waals surface area contributed by atoms with Gasteiger partial charge in [0.1, 0.15) is 0 Å². The van der Waals surface area contributed by atoms with E-state index in [4.69, 9.17) is 0 Å². The number of carbonyl (C=O) groups excluding carboxylic acids is 1. The van der Waals surface area contributed by atoms with Crippen LogP contribution in [0.25, 0.3) is 0 Å². The highest BCUT2D eigenvalue weighted by molar-refractivity contribution is 9.09. The maximum absolute atomic E-state index is 12.2. The van der Waals surface area contributed by atoms with E-state index in [1.54, 1.807) is 0 Å². The van der Waals surface area contributed by atoms with Crippen LogP contribution in [-0.4, -0.2) is 12.5 Å². The molecule has 2 aromatic carbocycles. The van der Waals surface area contributed by atoms with Crippen molar-refractivity contribution in [3.8, 4) is 0 Å². The van der Waals surface area contributed by atoms with E-state index in [9.17, 15) is 4.79 Å². The normalized spacial score (nSPS) is 17.8. The Hall–Kier alpha value is -1.61. The summed E-state index contributed by atoms with van der Waals surface area (Å²) >= 11 is 3.62. The molecule has 0 heterocycles. The molecule has 2 aromatic rings. The highest BCUT2D eigenvalue weighted by atomic mass is 79.9. The Morgan fingerprint density at radius 3 is 2.60 bits per heavy atom. The van der Waals surface area contributed by atoms with Gasteiger partial charge in [0, 0.05) is 6.54 Å². The van der Waals surface area contributed by atoms with Gasteiger partial charge in [-0.05, 0) is 23.1 Å². The lowest BCUT2D eigenvalue weighted by Gasteiger charge is -2.29. The van der Waals surface area contributed by atoms with Gasteiger partial charge in [-0.15, -0.1) is 0 Å². The topological polar surface area (TPSA) is 29.1 Å². The summed E-state index contributed by atoms with van der Waals surface area (Å²) in [6.45, 7) is 0.613. The van der Waals surface area contributed by atoms with Crippen LogP contribution < -0.4 is 5.32 Å². The van der Waals surface area contributed by atoms with Crippen LogP contribution >= 0.6 is 15.9 Å². The van der Waals surface area contributed by atoms with Gasteiger partial charge in [-0.25, -0.2) is 0 Å². The van der Waals surface area contributed by atoms with Gasteiger partial charge in [0.2, 0.25) is 5.91 Å². The molecular weight excluding hydrogens is 314 g/mol. The van der Waals surface area contributed by atoms with Crippen molar-refractivity contribution < 1.29 is 4.79 Å². The number of carbonyl (C=O) groups is 1. The Labute approximate surface area is 127 Å². The van der Waals surface area contributed by atoms with E-state index >= 15 is 0 Å². The first-order valence-corrected chi connectivity index (χ1v) is 7.72. The Kier molecular flexibility index (Phi) is 3.88. The summed E-state index contributed by atoms with van der Waals surface area (Å²) in [6, 6.07) is 18.3. The van der Waals surface area contributed by atoms with E-state index in [-0.39, 0.29) is 16.7 Å². The molecule has 1 N–H and O–H groups in total. The molecule has 2 unspecified atom stereocenters. The van der Waals surface area contributed by atoms with E-state index in [0.717, 1.165) is 6.42 Å². The minimum Gasteiger partial charge on any atom is -0.354 e. The molecule has 1 aliphatic rings. The minimum atomic E-state index is 0.0293. The maximum atomic E-state index is 12.2. The van der Waals surface area contributed by atoms with Gasteiger partial charge in [0.15, 0.2) is 0 Å². The summed E-state index contributed by atoms with van der Waals surface area (Å²) in [5.41, 5.74) is 3.66. The zero-order chi connectivity index (χ0) is 13.9. The fourth-order valence-corrected chi connectivity index (χ4v) is 3.05. The molecule has 2 atom stereocenters.